The van der Waals surface area contributed by atoms with E-state index in [0.29, 0.717) is 6.61 Å². The van der Waals surface area contributed by atoms with E-state index in [4.69, 9.17) is 4.74 Å². The van der Waals surface area contributed by atoms with Gasteiger partial charge in [0.25, 0.3) is 0 Å². The molecule has 0 amide bonds. The van der Waals surface area contributed by atoms with Crippen LogP contribution in [0.15, 0.2) is 0 Å². The molecule has 2 unspecified atom stereocenters. The number of carboxylic acids is 1. The van der Waals surface area contributed by atoms with E-state index in [-0.39, 0.29) is 17.8 Å². The second kappa shape index (κ2) is 8.16. The first kappa shape index (κ1) is 18.3. The van der Waals surface area contributed by atoms with Crippen molar-refractivity contribution in [2.45, 2.75) is 78.1 Å². The van der Waals surface area contributed by atoms with Gasteiger partial charge in [-0.1, -0.05) is 38.5 Å². The van der Waals surface area contributed by atoms with E-state index in [1.807, 2.05) is 6.92 Å². The summed E-state index contributed by atoms with van der Waals surface area (Å²) < 4.78 is 5.38. The minimum Gasteiger partial charge on any atom is -0.481 e. The number of hydrogen-bond acceptors (Lipinski definition) is 3. The molecule has 0 heterocycles. The van der Waals surface area contributed by atoms with E-state index >= 15 is 0 Å². The molecule has 2 saturated carbocycles. The first-order chi connectivity index (χ1) is 11.0. The Balaban J connectivity index is 2.34. The highest BCUT2D eigenvalue weighted by molar-refractivity contribution is 5.85. The number of aliphatic carboxylic acids is 1. The monoisotopic (exact) mass is 324 g/mol. The summed E-state index contributed by atoms with van der Waals surface area (Å²) in [4.78, 5) is 25.1. The zero-order chi connectivity index (χ0) is 16.9. The number of carbonyl (C=O) groups excluding carboxylic acids is 1. The second-order valence-electron chi connectivity index (χ2n) is 7.55. The molecular formula is C19H32O4. The molecule has 132 valence electrons. The molecule has 0 radical (unpaired) electrons. The number of ether oxygens (including phenoxy) is 1. The number of esters is 1. The summed E-state index contributed by atoms with van der Waals surface area (Å²) in [7, 11) is 0. The van der Waals surface area contributed by atoms with Crippen LogP contribution in [0.25, 0.3) is 0 Å². The predicted molar refractivity (Wildman–Crippen MR) is 89.0 cm³/mol. The van der Waals surface area contributed by atoms with E-state index in [2.05, 4.69) is 0 Å². The highest BCUT2D eigenvalue weighted by atomic mass is 16.5. The van der Waals surface area contributed by atoms with Crippen molar-refractivity contribution >= 4 is 11.9 Å². The van der Waals surface area contributed by atoms with Crippen LogP contribution in [0.1, 0.15) is 78.1 Å². The fourth-order valence-electron chi connectivity index (χ4n) is 4.95. The molecule has 0 saturated heterocycles. The van der Waals surface area contributed by atoms with Crippen molar-refractivity contribution in [3.05, 3.63) is 0 Å². The van der Waals surface area contributed by atoms with Gasteiger partial charge in [0, 0.05) is 0 Å². The molecule has 0 aliphatic heterocycles. The normalized spacial score (nSPS) is 24.6. The van der Waals surface area contributed by atoms with Gasteiger partial charge in [-0.2, -0.15) is 0 Å². The van der Waals surface area contributed by atoms with Crippen LogP contribution >= 0.6 is 0 Å². The van der Waals surface area contributed by atoms with Crippen LogP contribution in [0.3, 0.4) is 0 Å². The van der Waals surface area contributed by atoms with Gasteiger partial charge in [0.1, 0.15) is 0 Å². The lowest BCUT2D eigenvalue weighted by molar-refractivity contribution is -0.175. The molecule has 2 rings (SSSR count). The average Bonchev–Trinajstić information content (AvgIpc) is 2.56. The average molecular weight is 324 g/mol. The third kappa shape index (κ3) is 3.89. The van der Waals surface area contributed by atoms with Crippen molar-refractivity contribution in [3.8, 4) is 0 Å². The molecule has 0 spiro atoms. The fourth-order valence-corrected chi connectivity index (χ4v) is 4.95. The molecule has 0 aromatic rings. The zero-order valence-corrected chi connectivity index (χ0v) is 14.7. The van der Waals surface area contributed by atoms with Gasteiger partial charge in [-0.05, 0) is 51.4 Å². The molecule has 4 nitrogen and oxygen atoms in total. The summed E-state index contributed by atoms with van der Waals surface area (Å²) in [5, 5.41) is 10.0. The van der Waals surface area contributed by atoms with Crippen LogP contribution in [-0.2, 0) is 14.3 Å². The Morgan fingerprint density at radius 3 is 2.04 bits per heavy atom. The SMILES string of the molecule is CCOC(=O)C(C)(C1CCCCC1)C(C(=O)O)C1CCCCC1. The van der Waals surface area contributed by atoms with Gasteiger partial charge >= 0.3 is 11.9 Å². The van der Waals surface area contributed by atoms with Crippen molar-refractivity contribution in [1.29, 1.82) is 0 Å². The van der Waals surface area contributed by atoms with Crippen LogP contribution in [0.2, 0.25) is 0 Å². The van der Waals surface area contributed by atoms with E-state index in [0.717, 1.165) is 51.4 Å². The van der Waals surface area contributed by atoms with Crippen molar-refractivity contribution in [1.82, 2.24) is 0 Å². The predicted octanol–water partition coefficient (Wildman–Crippen LogP) is 4.42. The molecule has 4 heteroatoms. The number of hydrogen-bond donors (Lipinski definition) is 1. The Labute approximate surface area is 140 Å². The Bertz CT molecular complexity index is 408. The highest BCUT2D eigenvalue weighted by Crippen LogP contribution is 2.50. The summed E-state index contributed by atoms with van der Waals surface area (Å²) in [5.41, 5.74) is -0.885. The molecule has 0 bridgehead atoms. The minimum atomic E-state index is -0.885. The quantitative estimate of drug-likeness (QED) is 0.735. The number of rotatable bonds is 6. The van der Waals surface area contributed by atoms with Crippen molar-refractivity contribution in [3.63, 3.8) is 0 Å². The lowest BCUT2D eigenvalue weighted by Gasteiger charge is -2.45. The molecule has 0 aromatic carbocycles. The Morgan fingerprint density at radius 2 is 1.57 bits per heavy atom. The van der Waals surface area contributed by atoms with E-state index < -0.39 is 17.3 Å². The first-order valence-electron chi connectivity index (χ1n) is 9.41. The molecule has 2 aliphatic rings. The summed E-state index contributed by atoms with van der Waals surface area (Å²) in [6, 6.07) is 0. The maximum Gasteiger partial charge on any atom is 0.312 e. The summed E-state index contributed by atoms with van der Waals surface area (Å²) in [6.45, 7) is 4.00. The smallest absolute Gasteiger partial charge is 0.312 e. The van der Waals surface area contributed by atoms with Crippen LogP contribution in [0.4, 0.5) is 0 Å². The summed E-state index contributed by atoms with van der Waals surface area (Å²) in [5.74, 6) is -1.45. The lowest BCUT2D eigenvalue weighted by Crippen LogP contribution is -2.50. The Kier molecular flexibility index (Phi) is 6.49. The third-order valence-corrected chi connectivity index (χ3v) is 6.20. The van der Waals surface area contributed by atoms with Gasteiger partial charge in [-0.15, -0.1) is 0 Å². The summed E-state index contributed by atoms with van der Waals surface area (Å²) >= 11 is 0. The molecule has 2 fully saturated rings. The maximum absolute atomic E-state index is 12.9. The van der Waals surface area contributed by atoms with Crippen molar-refractivity contribution < 1.29 is 19.4 Å². The third-order valence-electron chi connectivity index (χ3n) is 6.20. The van der Waals surface area contributed by atoms with Gasteiger partial charge in [0.15, 0.2) is 0 Å². The molecule has 1 N–H and O–H groups in total. The highest BCUT2D eigenvalue weighted by Gasteiger charge is 2.54. The standard InChI is InChI=1S/C19H32O4/c1-3-23-18(22)19(2,15-12-8-5-9-13-15)16(17(20)21)14-10-6-4-7-11-14/h14-16H,3-13H2,1-2H3,(H,20,21). The minimum absolute atomic E-state index is 0.109. The summed E-state index contributed by atoms with van der Waals surface area (Å²) in [6.07, 6.45) is 10.5. The molecule has 23 heavy (non-hydrogen) atoms. The zero-order valence-electron chi connectivity index (χ0n) is 14.7. The fraction of sp³-hybridized carbons (Fsp3) is 0.895. The number of carbonyl (C=O) groups is 2. The van der Waals surface area contributed by atoms with Crippen LogP contribution in [-0.4, -0.2) is 23.7 Å². The molecule has 0 aromatic heterocycles. The van der Waals surface area contributed by atoms with Crippen LogP contribution in [0, 0.1) is 23.2 Å². The lowest BCUT2D eigenvalue weighted by atomic mass is 9.58. The second-order valence-corrected chi connectivity index (χ2v) is 7.55. The topological polar surface area (TPSA) is 63.6 Å². The van der Waals surface area contributed by atoms with Gasteiger partial charge in [0.05, 0.1) is 17.9 Å². The Morgan fingerprint density at radius 1 is 1.04 bits per heavy atom. The largest absolute Gasteiger partial charge is 0.481 e. The molecule has 2 aliphatic carbocycles. The maximum atomic E-state index is 12.9. The van der Waals surface area contributed by atoms with Crippen molar-refractivity contribution in [2.24, 2.45) is 23.2 Å². The van der Waals surface area contributed by atoms with E-state index in [1.54, 1.807) is 6.92 Å². The van der Waals surface area contributed by atoms with E-state index in [1.165, 1.54) is 12.8 Å². The number of carboxylic acid groups (broad SMARTS) is 1. The first-order valence-corrected chi connectivity index (χ1v) is 9.41. The van der Waals surface area contributed by atoms with Gasteiger partial charge in [0.2, 0.25) is 0 Å². The molecule has 2 atom stereocenters. The molecular weight excluding hydrogens is 292 g/mol. The van der Waals surface area contributed by atoms with Gasteiger partial charge in [-0.3, -0.25) is 9.59 Å². The van der Waals surface area contributed by atoms with E-state index in [9.17, 15) is 14.7 Å². The van der Waals surface area contributed by atoms with Crippen LogP contribution < -0.4 is 0 Å². The van der Waals surface area contributed by atoms with Crippen molar-refractivity contribution in [2.75, 3.05) is 6.61 Å². The van der Waals surface area contributed by atoms with Gasteiger partial charge in [-0.25, -0.2) is 0 Å². The van der Waals surface area contributed by atoms with Crippen LogP contribution in [0.5, 0.6) is 0 Å². The Hall–Kier alpha value is -1.06. The van der Waals surface area contributed by atoms with Gasteiger partial charge < -0.3 is 9.84 Å².